The Hall–Kier alpha value is -2.44. The number of rotatable bonds is 4. The van der Waals surface area contributed by atoms with Crippen LogP contribution in [0.4, 0.5) is 11.5 Å². The summed E-state index contributed by atoms with van der Waals surface area (Å²) < 4.78 is 30.0. The van der Waals surface area contributed by atoms with Crippen molar-refractivity contribution in [1.82, 2.24) is 9.97 Å². The van der Waals surface area contributed by atoms with Crippen molar-refractivity contribution in [2.24, 2.45) is 0 Å². The molecule has 2 aromatic heterocycles. The van der Waals surface area contributed by atoms with Crippen LogP contribution in [0.1, 0.15) is 5.82 Å². The van der Waals surface area contributed by atoms with E-state index in [0.29, 0.717) is 17.3 Å². The Morgan fingerprint density at radius 2 is 1.70 bits per heavy atom. The van der Waals surface area contributed by atoms with Crippen LogP contribution in [0.2, 0.25) is 0 Å². The van der Waals surface area contributed by atoms with Crippen molar-refractivity contribution in [2.75, 3.05) is 5.32 Å². The Kier molecular flexibility index (Phi) is 4.61. The van der Waals surface area contributed by atoms with E-state index in [9.17, 15) is 11.9 Å². The minimum absolute atomic E-state index is 0.0459. The average molecular weight is 441 g/mol. The third kappa shape index (κ3) is 3.82. The second-order valence-electron chi connectivity index (χ2n) is 6.03. The van der Waals surface area contributed by atoms with Gasteiger partial charge in [-0.05, 0) is 0 Å². The van der Waals surface area contributed by atoms with Gasteiger partial charge < -0.3 is 0 Å². The Morgan fingerprint density at radius 3 is 2.37 bits per heavy atom. The number of benzene rings is 2. The Morgan fingerprint density at radius 1 is 1.00 bits per heavy atom. The molecule has 0 spiro atoms. The van der Waals surface area contributed by atoms with Crippen LogP contribution in [-0.2, 0) is 3.74 Å². The molecule has 0 amide bonds. The maximum atomic E-state index is 11.4. The molecule has 0 aliphatic rings. The minimum atomic E-state index is -4.88. The van der Waals surface area contributed by atoms with Gasteiger partial charge in [-0.25, -0.2) is 0 Å². The van der Waals surface area contributed by atoms with Crippen LogP contribution in [0.15, 0.2) is 60.7 Å². The molecule has 3 N–H and O–H groups in total. The van der Waals surface area contributed by atoms with E-state index >= 15 is 0 Å². The summed E-state index contributed by atoms with van der Waals surface area (Å²) in [6.45, 7) is 1.84. The summed E-state index contributed by atoms with van der Waals surface area (Å²) in [4.78, 5) is 11.0. The van der Waals surface area contributed by atoms with Crippen molar-refractivity contribution < 1.29 is 11.9 Å². The molecule has 0 fully saturated rings. The van der Waals surface area contributed by atoms with E-state index in [-0.39, 0.29) is 4.35 Å². The first-order valence-electron chi connectivity index (χ1n) is 8.17. The third-order valence-electron chi connectivity index (χ3n) is 4.03. The number of aryl methyl sites for hydroxylation is 1. The summed E-state index contributed by atoms with van der Waals surface area (Å²) >= 11 is -3.27. The van der Waals surface area contributed by atoms with Gasteiger partial charge in [0.2, 0.25) is 0 Å². The molecule has 0 saturated heterocycles. The molecule has 8 heteroatoms. The number of thiophene rings is 1. The Labute approximate surface area is 162 Å². The molecule has 0 unspecified atom stereocenters. The topological polar surface area (TPSA) is 95.3 Å². The molecule has 0 aliphatic heterocycles. The third-order valence-corrected chi connectivity index (χ3v) is 7.14. The van der Waals surface area contributed by atoms with Crippen LogP contribution in [-0.4, -0.2) is 32.3 Å². The van der Waals surface area contributed by atoms with Gasteiger partial charge in [-0.2, -0.15) is 0 Å². The van der Waals surface area contributed by atoms with Gasteiger partial charge in [0.1, 0.15) is 0 Å². The molecule has 4 rings (SSSR count). The monoisotopic (exact) mass is 441 g/mol. The standard InChI is InChI=1S/C19H16AsN3O3S/c1-12-21-18(23-15-9-7-14(8-10-15)20(24,25)26)16-11-17(27-19(16)22-12)13-5-3-2-4-6-13/h2-11H,1H3,(H,21,22,23)(H2,24,25,26). The molecule has 0 saturated carbocycles. The second kappa shape index (κ2) is 6.94. The fourth-order valence-electron chi connectivity index (χ4n) is 2.74. The first-order chi connectivity index (χ1) is 12.9. The van der Waals surface area contributed by atoms with Gasteiger partial charge in [-0.15, -0.1) is 0 Å². The van der Waals surface area contributed by atoms with Crippen molar-refractivity contribution in [3.63, 3.8) is 0 Å². The first kappa shape index (κ1) is 17.9. The molecule has 27 heavy (non-hydrogen) atoms. The molecular weight excluding hydrogens is 425 g/mol. The van der Waals surface area contributed by atoms with E-state index in [0.717, 1.165) is 20.7 Å². The van der Waals surface area contributed by atoms with Crippen molar-refractivity contribution in [1.29, 1.82) is 0 Å². The molecule has 6 nitrogen and oxygen atoms in total. The molecule has 136 valence electrons. The quantitative estimate of drug-likeness (QED) is 0.422. The summed E-state index contributed by atoms with van der Waals surface area (Å²) in [6, 6.07) is 18.3. The summed E-state index contributed by atoms with van der Waals surface area (Å²) in [5.74, 6) is 1.33. The Bertz CT molecular complexity index is 1150. The fraction of sp³-hybridized carbons (Fsp3) is 0.0526. The van der Waals surface area contributed by atoms with Gasteiger partial charge in [-0.3, -0.25) is 0 Å². The van der Waals surface area contributed by atoms with Gasteiger partial charge in [0.15, 0.2) is 0 Å². The Balaban J connectivity index is 1.73. The van der Waals surface area contributed by atoms with Crippen LogP contribution >= 0.6 is 11.3 Å². The van der Waals surface area contributed by atoms with E-state index < -0.39 is 14.2 Å². The molecule has 0 radical (unpaired) electrons. The zero-order chi connectivity index (χ0) is 19.0. The number of hydrogen-bond acceptors (Lipinski definition) is 5. The van der Waals surface area contributed by atoms with Crippen LogP contribution in [0, 0.1) is 6.92 Å². The van der Waals surface area contributed by atoms with Gasteiger partial charge in [0.05, 0.1) is 0 Å². The summed E-state index contributed by atoms with van der Waals surface area (Å²) in [5.41, 5.74) is 1.83. The molecule has 4 aromatic rings. The predicted molar refractivity (Wildman–Crippen MR) is 108 cm³/mol. The fourth-order valence-corrected chi connectivity index (χ4v) is 4.95. The number of fused-ring (bicyclic) bond motifs is 1. The van der Waals surface area contributed by atoms with Gasteiger partial charge in [-0.1, -0.05) is 6.07 Å². The number of anilines is 2. The van der Waals surface area contributed by atoms with Crippen LogP contribution in [0.25, 0.3) is 20.7 Å². The number of nitrogens with zero attached hydrogens (tertiary/aromatic N) is 2. The number of hydrogen-bond donors (Lipinski definition) is 3. The van der Waals surface area contributed by atoms with E-state index in [1.165, 1.54) is 12.1 Å². The first-order valence-corrected chi connectivity index (χ1v) is 12.4. The van der Waals surface area contributed by atoms with Crippen LogP contribution < -0.4 is 9.67 Å². The second-order valence-corrected chi connectivity index (χ2v) is 10.4. The van der Waals surface area contributed by atoms with Crippen LogP contribution in [0.5, 0.6) is 0 Å². The molecule has 2 aromatic carbocycles. The average Bonchev–Trinajstić information content (AvgIpc) is 3.06. The molecular formula is C19H16AsN3O3S. The SMILES string of the molecule is Cc1nc(Nc2ccc([As](=O)(O)O)cc2)c2cc(-c3ccccc3)sc2n1. The van der Waals surface area contributed by atoms with Crippen LogP contribution in [0.3, 0.4) is 0 Å². The van der Waals surface area contributed by atoms with Crippen molar-refractivity contribution in [3.05, 3.63) is 66.5 Å². The molecule has 0 atom stereocenters. The zero-order valence-electron chi connectivity index (χ0n) is 14.3. The molecule has 0 aliphatic carbocycles. The van der Waals surface area contributed by atoms with Gasteiger partial charge in [0, 0.05) is 0 Å². The normalized spacial score (nSPS) is 11.7. The predicted octanol–water partition coefficient (Wildman–Crippen LogP) is 2.97. The molecule has 2 heterocycles. The van der Waals surface area contributed by atoms with Crippen molar-refractivity contribution in [2.45, 2.75) is 6.92 Å². The zero-order valence-corrected chi connectivity index (χ0v) is 17.0. The van der Waals surface area contributed by atoms with Crippen molar-refractivity contribution in [3.8, 4) is 10.4 Å². The van der Waals surface area contributed by atoms with E-state index in [1.807, 2.05) is 25.1 Å². The van der Waals surface area contributed by atoms with E-state index in [2.05, 4.69) is 33.5 Å². The summed E-state index contributed by atoms with van der Waals surface area (Å²) in [5, 5.41) is 4.15. The van der Waals surface area contributed by atoms with Gasteiger partial charge >= 0.3 is 157 Å². The van der Waals surface area contributed by atoms with Gasteiger partial charge in [0.25, 0.3) is 0 Å². The van der Waals surface area contributed by atoms with E-state index in [1.54, 1.807) is 23.5 Å². The van der Waals surface area contributed by atoms with E-state index in [4.69, 9.17) is 0 Å². The molecule has 0 bridgehead atoms. The van der Waals surface area contributed by atoms with Crippen molar-refractivity contribution >= 4 is 51.6 Å². The summed E-state index contributed by atoms with van der Waals surface area (Å²) in [7, 11) is 0. The maximum absolute atomic E-state index is 11.4. The number of nitrogens with one attached hydrogen (secondary N) is 1. The number of aromatic nitrogens is 2. The summed E-state index contributed by atoms with van der Waals surface area (Å²) in [6.07, 6.45) is 0.